The Bertz CT molecular complexity index is 681. The Morgan fingerprint density at radius 2 is 1.68 bits per heavy atom. The van der Waals surface area contributed by atoms with Gasteiger partial charge in [-0.2, -0.15) is 0 Å². The summed E-state index contributed by atoms with van der Waals surface area (Å²) in [6, 6.07) is 2.24. The molecule has 1 heterocycles. The number of amides is 1. The highest BCUT2D eigenvalue weighted by molar-refractivity contribution is 6.56. The summed E-state index contributed by atoms with van der Waals surface area (Å²) < 4.78 is 39.3. The lowest BCUT2D eigenvalue weighted by Gasteiger charge is -2.32. The molecule has 1 aromatic rings. The fourth-order valence-corrected chi connectivity index (χ4v) is 2.32. The highest BCUT2D eigenvalue weighted by Crippen LogP contribution is 2.38. The second-order valence-electron chi connectivity index (χ2n) is 7.12. The Balaban J connectivity index is 2.38. The zero-order valence-corrected chi connectivity index (χ0v) is 15.1. The SMILES string of the molecule is CC(=O)NCC(=Cc1cc(F)c(N)c(F)c1)B1OC(C)(C)C(C)(C)O1. The first-order valence-corrected chi connectivity index (χ1v) is 7.98. The fraction of sp³-hybridized carbons (Fsp3) is 0.471. The second kappa shape index (κ2) is 6.76. The monoisotopic (exact) mass is 352 g/mol. The van der Waals surface area contributed by atoms with Gasteiger partial charge in [0.25, 0.3) is 0 Å². The molecule has 0 atom stereocenters. The van der Waals surface area contributed by atoms with Crippen LogP contribution in [0.2, 0.25) is 0 Å². The van der Waals surface area contributed by atoms with Crippen LogP contribution in [0.3, 0.4) is 0 Å². The molecule has 0 saturated carbocycles. The Morgan fingerprint density at radius 3 is 2.12 bits per heavy atom. The van der Waals surface area contributed by atoms with Crippen molar-refractivity contribution in [2.45, 2.75) is 45.8 Å². The van der Waals surface area contributed by atoms with Crippen LogP contribution in [0.5, 0.6) is 0 Å². The van der Waals surface area contributed by atoms with E-state index in [1.54, 1.807) is 0 Å². The maximum absolute atomic E-state index is 13.7. The lowest BCUT2D eigenvalue weighted by Crippen LogP contribution is -2.41. The van der Waals surface area contributed by atoms with Crippen LogP contribution >= 0.6 is 0 Å². The molecule has 0 radical (unpaired) electrons. The van der Waals surface area contributed by atoms with Gasteiger partial charge in [0.15, 0.2) is 0 Å². The van der Waals surface area contributed by atoms with Gasteiger partial charge < -0.3 is 20.4 Å². The summed E-state index contributed by atoms with van der Waals surface area (Å²) in [6.07, 6.45) is 1.53. The molecule has 0 aliphatic carbocycles. The van der Waals surface area contributed by atoms with Crippen molar-refractivity contribution in [1.82, 2.24) is 5.32 Å². The molecule has 1 aromatic carbocycles. The first-order chi connectivity index (χ1) is 11.4. The van der Waals surface area contributed by atoms with Gasteiger partial charge in [0, 0.05) is 13.5 Å². The lowest BCUT2D eigenvalue weighted by atomic mass is 9.77. The van der Waals surface area contributed by atoms with E-state index in [9.17, 15) is 13.6 Å². The molecule has 1 fully saturated rings. The Hall–Kier alpha value is -1.93. The molecule has 1 aliphatic heterocycles. The van der Waals surface area contributed by atoms with Crippen LogP contribution in [0.4, 0.5) is 14.5 Å². The van der Waals surface area contributed by atoms with E-state index in [0.29, 0.717) is 5.47 Å². The number of hydrogen-bond acceptors (Lipinski definition) is 4. The van der Waals surface area contributed by atoms with Crippen LogP contribution in [-0.2, 0) is 14.1 Å². The maximum atomic E-state index is 13.7. The van der Waals surface area contributed by atoms with Gasteiger partial charge in [0.05, 0.1) is 11.2 Å². The Morgan fingerprint density at radius 1 is 1.20 bits per heavy atom. The lowest BCUT2D eigenvalue weighted by molar-refractivity contribution is -0.118. The standard InChI is InChI=1S/C17H23BF2N2O3/c1-10(23)22-9-12(18-24-16(2,3)17(4,5)25-18)6-11-7-13(19)15(21)14(20)8-11/h6-8H,9,21H2,1-5H3,(H,22,23). The predicted octanol–water partition coefficient (Wildman–Crippen LogP) is 2.70. The van der Waals surface area contributed by atoms with Gasteiger partial charge in [0.2, 0.25) is 5.91 Å². The number of nitrogens with one attached hydrogen (secondary N) is 1. The highest BCUT2D eigenvalue weighted by Gasteiger charge is 2.52. The van der Waals surface area contributed by atoms with E-state index in [0.717, 1.165) is 12.1 Å². The molecule has 0 unspecified atom stereocenters. The summed E-state index contributed by atoms with van der Waals surface area (Å²) in [4.78, 5) is 11.3. The van der Waals surface area contributed by atoms with E-state index in [2.05, 4.69) is 5.32 Å². The molecule has 136 valence electrons. The van der Waals surface area contributed by atoms with Crippen molar-refractivity contribution < 1.29 is 22.9 Å². The van der Waals surface area contributed by atoms with Gasteiger partial charge in [-0.1, -0.05) is 6.08 Å². The molecular weight excluding hydrogens is 329 g/mol. The molecular formula is C17H23BF2N2O3. The number of rotatable bonds is 4. The van der Waals surface area contributed by atoms with Crippen molar-refractivity contribution in [1.29, 1.82) is 0 Å². The van der Waals surface area contributed by atoms with E-state index >= 15 is 0 Å². The molecule has 1 saturated heterocycles. The van der Waals surface area contributed by atoms with E-state index in [-0.39, 0.29) is 18.0 Å². The number of nitrogen functional groups attached to an aromatic ring is 1. The third-order valence-electron chi connectivity index (χ3n) is 4.55. The Kier molecular flexibility index (Phi) is 5.25. The van der Waals surface area contributed by atoms with E-state index in [1.165, 1.54) is 13.0 Å². The maximum Gasteiger partial charge on any atom is 0.492 e. The van der Waals surface area contributed by atoms with Crippen LogP contribution in [0.1, 0.15) is 40.2 Å². The molecule has 0 bridgehead atoms. The third-order valence-corrected chi connectivity index (χ3v) is 4.55. The molecule has 5 nitrogen and oxygen atoms in total. The quantitative estimate of drug-likeness (QED) is 0.646. The predicted molar refractivity (Wildman–Crippen MR) is 93.5 cm³/mol. The van der Waals surface area contributed by atoms with E-state index < -0.39 is 35.6 Å². The van der Waals surface area contributed by atoms with Crippen LogP contribution < -0.4 is 11.1 Å². The van der Waals surface area contributed by atoms with Gasteiger partial charge in [0.1, 0.15) is 17.3 Å². The van der Waals surface area contributed by atoms with E-state index in [1.807, 2.05) is 27.7 Å². The summed E-state index contributed by atoms with van der Waals surface area (Å²) >= 11 is 0. The van der Waals surface area contributed by atoms with Crippen molar-refractivity contribution in [2.24, 2.45) is 0 Å². The van der Waals surface area contributed by atoms with Crippen molar-refractivity contribution in [3.63, 3.8) is 0 Å². The van der Waals surface area contributed by atoms with Gasteiger partial charge in [-0.05, 0) is 50.9 Å². The van der Waals surface area contributed by atoms with Crippen LogP contribution in [0.15, 0.2) is 17.6 Å². The first-order valence-electron chi connectivity index (χ1n) is 7.98. The molecule has 3 N–H and O–H groups in total. The minimum absolute atomic E-state index is 0.125. The topological polar surface area (TPSA) is 73.6 Å². The zero-order valence-electron chi connectivity index (χ0n) is 15.1. The summed E-state index contributed by atoms with van der Waals surface area (Å²) in [6.45, 7) is 9.08. The summed E-state index contributed by atoms with van der Waals surface area (Å²) in [5.41, 5.74) is 4.41. The smallest absolute Gasteiger partial charge is 0.400 e. The highest BCUT2D eigenvalue weighted by atomic mass is 19.1. The molecule has 2 rings (SSSR count). The third kappa shape index (κ3) is 4.19. The van der Waals surface area contributed by atoms with Crippen LogP contribution in [0.25, 0.3) is 6.08 Å². The number of nitrogens with two attached hydrogens (primary N) is 1. The molecule has 8 heteroatoms. The van der Waals surface area contributed by atoms with Crippen molar-refractivity contribution in [3.05, 3.63) is 34.8 Å². The number of benzene rings is 1. The number of hydrogen-bond donors (Lipinski definition) is 2. The molecule has 25 heavy (non-hydrogen) atoms. The normalized spacial score (nSPS) is 19.2. The zero-order chi connectivity index (χ0) is 19.0. The minimum atomic E-state index is -0.848. The number of halogens is 2. The summed E-state index contributed by atoms with van der Waals surface area (Å²) in [5.74, 6) is -1.94. The van der Waals surface area contributed by atoms with Crippen molar-refractivity contribution >= 4 is 24.8 Å². The van der Waals surface area contributed by atoms with Gasteiger partial charge in [-0.15, -0.1) is 0 Å². The summed E-state index contributed by atoms with van der Waals surface area (Å²) in [5, 5.41) is 2.66. The van der Waals surface area contributed by atoms with Gasteiger partial charge in [-0.3, -0.25) is 4.79 Å². The average molecular weight is 352 g/mol. The van der Waals surface area contributed by atoms with Crippen LogP contribution in [0, 0.1) is 11.6 Å². The van der Waals surface area contributed by atoms with Crippen molar-refractivity contribution in [3.8, 4) is 0 Å². The van der Waals surface area contributed by atoms with Gasteiger partial charge in [-0.25, -0.2) is 8.78 Å². The molecule has 0 aromatic heterocycles. The minimum Gasteiger partial charge on any atom is -0.400 e. The number of carbonyl (C=O) groups is 1. The molecule has 0 spiro atoms. The Labute approximate surface area is 146 Å². The largest absolute Gasteiger partial charge is 0.492 e. The molecule has 1 aliphatic rings. The van der Waals surface area contributed by atoms with Gasteiger partial charge >= 0.3 is 7.12 Å². The fourth-order valence-electron chi connectivity index (χ4n) is 2.32. The average Bonchev–Trinajstić information content (AvgIpc) is 2.68. The summed E-state index contributed by atoms with van der Waals surface area (Å²) in [7, 11) is -0.750. The van der Waals surface area contributed by atoms with Crippen molar-refractivity contribution in [2.75, 3.05) is 12.3 Å². The number of anilines is 1. The molecule has 1 amide bonds. The number of carbonyl (C=O) groups excluding carboxylic acids is 1. The van der Waals surface area contributed by atoms with Crippen LogP contribution in [-0.4, -0.2) is 30.8 Å². The first kappa shape index (κ1) is 19.4. The second-order valence-corrected chi connectivity index (χ2v) is 7.12. The van der Waals surface area contributed by atoms with E-state index in [4.69, 9.17) is 15.0 Å².